The maximum absolute atomic E-state index is 12.0. The van der Waals surface area contributed by atoms with Gasteiger partial charge in [-0.2, -0.15) is 0 Å². The molecule has 2 rings (SSSR count). The van der Waals surface area contributed by atoms with Gasteiger partial charge in [0, 0.05) is 18.3 Å². The van der Waals surface area contributed by atoms with Crippen molar-refractivity contribution in [2.75, 3.05) is 25.6 Å². The summed E-state index contributed by atoms with van der Waals surface area (Å²) in [6, 6.07) is 12.9. The van der Waals surface area contributed by atoms with Crippen LogP contribution in [-0.4, -0.2) is 38.0 Å². The molecule has 0 saturated carbocycles. The minimum atomic E-state index is -0.609. The molecule has 0 radical (unpaired) electrons. The number of amides is 2. The van der Waals surface area contributed by atoms with Crippen LogP contribution in [0.5, 0.6) is 5.75 Å². The van der Waals surface area contributed by atoms with Crippen LogP contribution >= 0.6 is 0 Å². The summed E-state index contributed by atoms with van der Waals surface area (Å²) in [6.07, 6.45) is 0. The normalized spacial score (nSPS) is 9.92. The van der Waals surface area contributed by atoms with E-state index in [2.05, 4.69) is 10.6 Å². The van der Waals surface area contributed by atoms with Crippen LogP contribution in [-0.2, 0) is 9.53 Å². The topological polar surface area (TPSA) is 93.7 Å². The van der Waals surface area contributed by atoms with E-state index in [4.69, 9.17) is 9.47 Å². The summed E-state index contributed by atoms with van der Waals surface area (Å²) >= 11 is 0. The van der Waals surface area contributed by atoms with E-state index in [-0.39, 0.29) is 5.91 Å². The second kappa shape index (κ2) is 9.22. The Kier molecular flexibility index (Phi) is 6.73. The van der Waals surface area contributed by atoms with Crippen LogP contribution in [0.1, 0.15) is 27.6 Å². The lowest BCUT2D eigenvalue weighted by molar-refractivity contribution is -0.119. The molecule has 136 valence electrons. The third-order valence-corrected chi connectivity index (χ3v) is 3.37. The van der Waals surface area contributed by atoms with E-state index >= 15 is 0 Å². The third-order valence-electron chi connectivity index (χ3n) is 3.37. The molecule has 0 unspecified atom stereocenters. The third kappa shape index (κ3) is 5.34. The fraction of sp³-hybridized carbons (Fsp3) is 0.211. The average molecular weight is 356 g/mol. The minimum Gasteiger partial charge on any atom is -0.494 e. The number of rotatable bonds is 7. The molecule has 7 nitrogen and oxygen atoms in total. The van der Waals surface area contributed by atoms with Gasteiger partial charge in [0.25, 0.3) is 11.8 Å². The molecule has 0 fully saturated rings. The number of anilines is 1. The van der Waals surface area contributed by atoms with E-state index in [1.807, 2.05) is 6.92 Å². The van der Waals surface area contributed by atoms with Crippen molar-refractivity contribution in [2.24, 2.45) is 0 Å². The first-order chi connectivity index (χ1) is 12.5. The molecule has 0 aliphatic carbocycles. The quantitative estimate of drug-likeness (QED) is 0.742. The fourth-order valence-electron chi connectivity index (χ4n) is 2.15. The first-order valence-electron chi connectivity index (χ1n) is 8.05. The Morgan fingerprint density at radius 3 is 2.38 bits per heavy atom. The van der Waals surface area contributed by atoms with Gasteiger partial charge in [-0.3, -0.25) is 9.59 Å². The Balaban J connectivity index is 1.88. The molecular formula is C19H20N2O5. The molecule has 0 saturated heterocycles. The van der Waals surface area contributed by atoms with Crippen molar-refractivity contribution < 1.29 is 23.9 Å². The first-order valence-corrected chi connectivity index (χ1v) is 8.05. The van der Waals surface area contributed by atoms with Crippen molar-refractivity contribution in [3.63, 3.8) is 0 Å². The zero-order valence-electron chi connectivity index (χ0n) is 14.6. The van der Waals surface area contributed by atoms with E-state index in [1.165, 1.54) is 13.1 Å². The van der Waals surface area contributed by atoms with E-state index in [0.29, 0.717) is 29.2 Å². The molecule has 0 aromatic heterocycles. The summed E-state index contributed by atoms with van der Waals surface area (Å²) in [5.41, 5.74) is 1.17. The number of esters is 1. The maximum atomic E-state index is 12.0. The van der Waals surface area contributed by atoms with Crippen molar-refractivity contribution in [1.29, 1.82) is 0 Å². The Labute approximate surface area is 151 Å². The van der Waals surface area contributed by atoms with Gasteiger partial charge in [0.2, 0.25) is 0 Å². The largest absolute Gasteiger partial charge is 0.494 e. The van der Waals surface area contributed by atoms with Gasteiger partial charge in [-0.25, -0.2) is 4.79 Å². The van der Waals surface area contributed by atoms with Crippen LogP contribution in [0.15, 0.2) is 48.5 Å². The molecule has 2 aromatic rings. The van der Waals surface area contributed by atoms with Crippen molar-refractivity contribution in [2.45, 2.75) is 6.92 Å². The van der Waals surface area contributed by atoms with Crippen LogP contribution in [0.4, 0.5) is 5.69 Å². The van der Waals surface area contributed by atoms with E-state index in [1.54, 1.807) is 42.5 Å². The summed E-state index contributed by atoms with van der Waals surface area (Å²) in [6.45, 7) is 1.96. The molecule has 0 aliphatic heterocycles. The zero-order valence-corrected chi connectivity index (χ0v) is 14.6. The highest BCUT2D eigenvalue weighted by Gasteiger charge is 2.11. The Morgan fingerprint density at radius 2 is 1.73 bits per heavy atom. The van der Waals surface area contributed by atoms with Gasteiger partial charge in [0.15, 0.2) is 6.61 Å². The lowest BCUT2D eigenvalue weighted by Gasteiger charge is -2.08. The molecule has 0 spiro atoms. The molecule has 0 heterocycles. The number of hydrogen-bond donors (Lipinski definition) is 2. The van der Waals surface area contributed by atoms with Gasteiger partial charge in [0.05, 0.1) is 12.2 Å². The highest BCUT2D eigenvalue weighted by molar-refractivity contribution is 5.98. The molecule has 0 atom stereocenters. The zero-order chi connectivity index (χ0) is 18.9. The second-order valence-corrected chi connectivity index (χ2v) is 5.24. The van der Waals surface area contributed by atoms with E-state index in [9.17, 15) is 14.4 Å². The Hall–Kier alpha value is -3.35. The van der Waals surface area contributed by atoms with E-state index in [0.717, 1.165) is 0 Å². The maximum Gasteiger partial charge on any atom is 0.338 e. The highest BCUT2D eigenvalue weighted by atomic mass is 16.5. The monoisotopic (exact) mass is 356 g/mol. The standard InChI is InChI=1S/C19H20N2O5/c1-3-25-16-9-7-13(8-10-16)19(24)26-12-17(22)21-15-6-4-5-14(11-15)18(23)20-2/h4-11H,3,12H2,1-2H3,(H,20,23)(H,21,22). The lowest BCUT2D eigenvalue weighted by Crippen LogP contribution is -2.22. The van der Waals surface area contributed by atoms with Gasteiger partial charge >= 0.3 is 5.97 Å². The van der Waals surface area contributed by atoms with Crippen LogP contribution in [0.3, 0.4) is 0 Å². The van der Waals surface area contributed by atoms with Gasteiger partial charge in [0.1, 0.15) is 5.75 Å². The van der Waals surface area contributed by atoms with Gasteiger partial charge < -0.3 is 20.1 Å². The molecule has 2 aromatic carbocycles. The second-order valence-electron chi connectivity index (χ2n) is 5.24. The Bertz CT molecular complexity index is 787. The van der Waals surface area contributed by atoms with Crippen LogP contribution in [0.25, 0.3) is 0 Å². The molecule has 0 aliphatic rings. The van der Waals surface area contributed by atoms with Crippen LogP contribution in [0, 0.1) is 0 Å². The van der Waals surface area contributed by atoms with Crippen LogP contribution in [0.2, 0.25) is 0 Å². The summed E-state index contributed by atoms with van der Waals surface area (Å²) in [7, 11) is 1.52. The summed E-state index contributed by atoms with van der Waals surface area (Å²) in [5.74, 6) is -0.721. The van der Waals surface area contributed by atoms with Crippen molar-refractivity contribution in [3.05, 3.63) is 59.7 Å². The molecule has 2 N–H and O–H groups in total. The predicted octanol–water partition coefficient (Wildman–Crippen LogP) is 2.24. The highest BCUT2D eigenvalue weighted by Crippen LogP contribution is 2.13. The van der Waals surface area contributed by atoms with Crippen molar-refractivity contribution >= 4 is 23.5 Å². The fourth-order valence-corrected chi connectivity index (χ4v) is 2.15. The number of ether oxygens (including phenoxy) is 2. The molecule has 0 bridgehead atoms. The van der Waals surface area contributed by atoms with Crippen molar-refractivity contribution in [1.82, 2.24) is 5.32 Å². The summed E-state index contributed by atoms with van der Waals surface area (Å²) in [4.78, 5) is 35.5. The summed E-state index contributed by atoms with van der Waals surface area (Å²) < 4.78 is 10.3. The van der Waals surface area contributed by atoms with Crippen molar-refractivity contribution in [3.8, 4) is 5.75 Å². The summed E-state index contributed by atoms with van der Waals surface area (Å²) in [5, 5.41) is 5.08. The molecule has 7 heteroatoms. The lowest BCUT2D eigenvalue weighted by atomic mass is 10.2. The first kappa shape index (κ1) is 19.0. The number of carbonyl (C=O) groups is 3. The molecule has 2 amide bonds. The van der Waals surface area contributed by atoms with Crippen LogP contribution < -0.4 is 15.4 Å². The van der Waals surface area contributed by atoms with E-state index < -0.39 is 18.5 Å². The molecular weight excluding hydrogens is 336 g/mol. The Morgan fingerprint density at radius 1 is 1.00 bits per heavy atom. The minimum absolute atomic E-state index is 0.261. The van der Waals surface area contributed by atoms with Gasteiger partial charge in [-0.1, -0.05) is 6.07 Å². The SMILES string of the molecule is CCOc1ccc(C(=O)OCC(=O)Nc2cccc(C(=O)NC)c2)cc1. The predicted molar refractivity (Wildman–Crippen MR) is 96.4 cm³/mol. The molecule has 26 heavy (non-hydrogen) atoms. The van der Waals surface area contributed by atoms with Gasteiger partial charge in [-0.15, -0.1) is 0 Å². The van der Waals surface area contributed by atoms with Gasteiger partial charge in [-0.05, 0) is 49.4 Å². The number of benzene rings is 2. The smallest absolute Gasteiger partial charge is 0.338 e. The number of nitrogens with one attached hydrogen (secondary N) is 2. The number of hydrogen-bond acceptors (Lipinski definition) is 5. The average Bonchev–Trinajstić information content (AvgIpc) is 2.66. The number of carbonyl (C=O) groups excluding carboxylic acids is 3.